The highest BCUT2D eigenvalue weighted by Crippen LogP contribution is 2.30. The van der Waals surface area contributed by atoms with Crippen LogP contribution < -0.4 is 14.8 Å². The largest absolute Gasteiger partial charge is 0.493 e. The van der Waals surface area contributed by atoms with E-state index in [1.165, 1.54) is 11.1 Å². The third kappa shape index (κ3) is 6.39. The van der Waals surface area contributed by atoms with Crippen LogP contribution in [0.5, 0.6) is 11.5 Å². The van der Waals surface area contributed by atoms with Crippen LogP contribution in [0, 0.1) is 13.8 Å². The molecule has 4 rings (SSSR count). The summed E-state index contributed by atoms with van der Waals surface area (Å²) in [6, 6.07) is 22.1. The van der Waals surface area contributed by atoms with E-state index in [9.17, 15) is 4.79 Å². The fourth-order valence-electron chi connectivity index (χ4n) is 4.62. The van der Waals surface area contributed by atoms with Crippen LogP contribution in [0.4, 0.5) is 0 Å². The minimum Gasteiger partial charge on any atom is -0.493 e. The van der Waals surface area contributed by atoms with Crippen molar-refractivity contribution in [3.8, 4) is 33.9 Å². The van der Waals surface area contributed by atoms with Gasteiger partial charge in [-0.15, -0.1) is 0 Å². The predicted molar refractivity (Wildman–Crippen MR) is 153 cm³/mol. The number of hydrogen-bond donors (Lipinski definition) is 1. The molecule has 38 heavy (non-hydrogen) atoms. The number of nitrogens with one attached hydrogen (secondary N) is 1. The first-order valence-corrected chi connectivity index (χ1v) is 12.6. The maximum Gasteiger partial charge on any atom is 0.253 e. The lowest BCUT2D eigenvalue weighted by Crippen LogP contribution is -2.24. The summed E-state index contributed by atoms with van der Waals surface area (Å²) < 4.78 is 10.7. The molecule has 0 aliphatic carbocycles. The van der Waals surface area contributed by atoms with Crippen molar-refractivity contribution in [2.24, 2.45) is 0 Å². The number of nitrogens with zero attached hydrogens (tertiary/aromatic N) is 2. The van der Waals surface area contributed by atoms with Crippen LogP contribution in [-0.4, -0.2) is 44.1 Å². The summed E-state index contributed by atoms with van der Waals surface area (Å²) in [5.41, 5.74) is 8.44. The predicted octanol–water partition coefficient (Wildman–Crippen LogP) is 6.04. The second-order valence-electron chi connectivity index (χ2n) is 9.81. The van der Waals surface area contributed by atoms with Crippen molar-refractivity contribution in [3.05, 3.63) is 101 Å². The number of carbonyl (C=O) groups excluding carboxylic acids is 1. The molecule has 1 heterocycles. The Balaban J connectivity index is 1.72. The van der Waals surface area contributed by atoms with Crippen LogP contribution in [0.25, 0.3) is 22.4 Å². The smallest absolute Gasteiger partial charge is 0.253 e. The summed E-state index contributed by atoms with van der Waals surface area (Å²) in [6.45, 7) is 5.29. The molecule has 0 saturated heterocycles. The van der Waals surface area contributed by atoms with Gasteiger partial charge in [0, 0.05) is 30.4 Å². The van der Waals surface area contributed by atoms with Crippen LogP contribution in [-0.2, 0) is 13.1 Å². The minimum atomic E-state index is -0.188. The first-order valence-electron chi connectivity index (χ1n) is 12.6. The van der Waals surface area contributed by atoms with Crippen molar-refractivity contribution in [2.75, 3.05) is 28.3 Å². The van der Waals surface area contributed by atoms with Crippen molar-refractivity contribution in [1.29, 1.82) is 0 Å². The molecule has 0 unspecified atom stereocenters. The number of ether oxygens (including phenoxy) is 2. The normalized spacial score (nSPS) is 10.9. The number of aryl methyl sites for hydroxylation is 2. The summed E-state index contributed by atoms with van der Waals surface area (Å²) in [7, 11) is 7.28. The van der Waals surface area contributed by atoms with Crippen molar-refractivity contribution < 1.29 is 14.3 Å². The lowest BCUT2D eigenvalue weighted by atomic mass is 9.97. The second kappa shape index (κ2) is 11.9. The summed E-state index contributed by atoms with van der Waals surface area (Å²) in [5, 5.41) is 3.08. The molecular weight excluding hydrogens is 474 g/mol. The van der Waals surface area contributed by atoms with Gasteiger partial charge in [0.15, 0.2) is 11.5 Å². The third-order valence-corrected chi connectivity index (χ3v) is 6.29. The summed E-state index contributed by atoms with van der Waals surface area (Å²) >= 11 is 0. The number of rotatable bonds is 9. The first kappa shape index (κ1) is 26.9. The Kier molecular flexibility index (Phi) is 8.44. The lowest BCUT2D eigenvalue weighted by Gasteiger charge is -2.15. The average Bonchev–Trinajstić information content (AvgIpc) is 2.90. The zero-order valence-corrected chi connectivity index (χ0v) is 23.0. The van der Waals surface area contributed by atoms with Gasteiger partial charge in [0.2, 0.25) is 0 Å². The topological polar surface area (TPSA) is 63.7 Å². The monoisotopic (exact) mass is 509 g/mol. The molecule has 1 aromatic heterocycles. The van der Waals surface area contributed by atoms with E-state index in [0.717, 1.165) is 34.4 Å². The van der Waals surface area contributed by atoms with E-state index in [1.54, 1.807) is 14.2 Å². The first-order chi connectivity index (χ1) is 18.3. The SMILES string of the molecule is COc1ccc(CNC(=O)c2cc(-c3cc(C)cc(C)c3)cnc2-c2cccc(CN(C)C)c2)cc1OC. The van der Waals surface area contributed by atoms with Gasteiger partial charge in [0.1, 0.15) is 0 Å². The molecule has 0 radical (unpaired) electrons. The van der Waals surface area contributed by atoms with Gasteiger partial charge in [-0.2, -0.15) is 0 Å². The minimum absolute atomic E-state index is 0.188. The Morgan fingerprint density at radius 1 is 0.816 bits per heavy atom. The molecule has 0 bridgehead atoms. The van der Waals surface area contributed by atoms with E-state index >= 15 is 0 Å². The molecule has 4 aromatic rings. The number of hydrogen-bond acceptors (Lipinski definition) is 5. The Labute approximate surface area is 225 Å². The highest BCUT2D eigenvalue weighted by Gasteiger charge is 2.17. The van der Waals surface area contributed by atoms with Gasteiger partial charge in [-0.25, -0.2) is 0 Å². The number of pyridine rings is 1. The fourth-order valence-corrected chi connectivity index (χ4v) is 4.62. The fraction of sp³-hybridized carbons (Fsp3) is 0.250. The Morgan fingerprint density at radius 3 is 2.24 bits per heavy atom. The van der Waals surface area contributed by atoms with Crippen LogP contribution >= 0.6 is 0 Å². The Morgan fingerprint density at radius 2 is 1.55 bits per heavy atom. The number of carbonyl (C=O) groups is 1. The summed E-state index contributed by atoms with van der Waals surface area (Å²) in [5.74, 6) is 1.08. The zero-order chi connectivity index (χ0) is 27.2. The molecule has 6 heteroatoms. The number of aromatic nitrogens is 1. The average molecular weight is 510 g/mol. The van der Waals surface area contributed by atoms with Crippen LogP contribution in [0.15, 0.2) is 72.9 Å². The quantitative estimate of drug-likeness (QED) is 0.298. The molecule has 3 aromatic carbocycles. The highest BCUT2D eigenvalue weighted by atomic mass is 16.5. The summed E-state index contributed by atoms with van der Waals surface area (Å²) in [4.78, 5) is 20.6. The Bertz CT molecular complexity index is 1430. The Hall–Kier alpha value is -4.16. The molecule has 196 valence electrons. The standard InChI is InChI=1S/C32H35N3O3/c1-21-12-22(2)14-26(13-21)27-17-28(31(33-19-27)25-9-7-8-24(15-25)20-35(3)4)32(36)34-18-23-10-11-29(37-5)30(16-23)38-6/h7-17,19H,18,20H2,1-6H3,(H,34,36). The van der Waals surface area contributed by atoms with Crippen molar-refractivity contribution in [2.45, 2.75) is 26.9 Å². The number of amides is 1. The van der Waals surface area contributed by atoms with E-state index in [2.05, 4.69) is 54.4 Å². The number of benzene rings is 3. The van der Waals surface area contributed by atoms with Gasteiger partial charge in [0.25, 0.3) is 5.91 Å². The molecule has 0 aliphatic heterocycles. The van der Waals surface area contributed by atoms with Crippen LogP contribution in [0.1, 0.15) is 32.6 Å². The van der Waals surface area contributed by atoms with Crippen molar-refractivity contribution >= 4 is 5.91 Å². The molecule has 0 aliphatic rings. The van der Waals surface area contributed by atoms with Crippen molar-refractivity contribution in [1.82, 2.24) is 15.2 Å². The maximum atomic E-state index is 13.7. The van der Waals surface area contributed by atoms with Gasteiger partial charge >= 0.3 is 0 Å². The molecule has 0 atom stereocenters. The van der Waals surface area contributed by atoms with E-state index < -0.39 is 0 Å². The molecule has 0 spiro atoms. The van der Waals surface area contributed by atoms with Crippen LogP contribution in [0.3, 0.4) is 0 Å². The van der Waals surface area contributed by atoms with E-state index in [4.69, 9.17) is 14.5 Å². The van der Waals surface area contributed by atoms with E-state index in [1.807, 2.05) is 56.7 Å². The molecule has 1 amide bonds. The molecular formula is C32H35N3O3. The maximum absolute atomic E-state index is 13.7. The molecule has 6 nitrogen and oxygen atoms in total. The van der Waals surface area contributed by atoms with E-state index in [-0.39, 0.29) is 5.91 Å². The van der Waals surface area contributed by atoms with Gasteiger partial charge < -0.3 is 19.7 Å². The van der Waals surface area contributed by atoms with Gasteiger partial charge in [0.05, 0.1) is 25.5 Å². The summed E-state index contributed by atoms with van der Waals surface area (Å²) in [6.07, 6.45) is 1.85. The molecule has 1 N–H and O–H groups in total. The lowest BCUT2D eigenvalue weighted by molar-refractivity contribution is 0.0951. The van der Waals surface area contributed by atoms with Crippen LogP contribution in [0.2, 0.25) is 0 Å². The molecule has 0 saturated carbocycles. The highest BCUT2D eigenvalue weighted by molar-refractivity contribution is 6.01. The van der Waals surface area contributed by atoms with Gasteiger partial charge in [-0.05, 0) is 68.9 Å². The number of methoxy groups -OCH3 is 2. The van der Waals surface area contributed by atoms with Crippen molar-refractivity contribution in [3.63, 3.8) is 0 Å². The third-order valence-electron chi connectivity index (χ3n) is 6.29. The molecule has 0 fully saturated rings. The zero-order valence-electron chi connectivity index (χ0n) is 23.0. The van der Waals surface area contributed by atoms with Gasteiger partial charge in [-0.3, -0.25) is 9.78 Å². The van der Waals surface area contributed by atoms with E-state index in [0.29, 0.717) is 29.3 Å². The van der Waals surface area contributed by atoms with Gasteiger partial charge in [-0.1, -0.05) is 53.6 Å². The second-order valence-corrected chi connectivity index (χ2v) is 9.81.